The van der Waals surface area contributed by atoms with Gasteiger partial charge in [0.1, 0.15) is 19.0 Å². The second-order valence-electron chi connectivity index (χ2n) is 5.78. The normalized spacial score (nSPS) is 12.7. The maximum Gasteiger partial charge on any atom is 0.225 e. The van der Waals surface area contributed by atoms with Gasteiger partial charge in [-0.1, -0.05) is 12.1 Å². The Hall–Kier alpha value is -2.60. The molecule has 2 aromatic carbocycles. The molecule has 6 heteroatoms. The Labute approximate surface area is 146 Å². The summed E-state index contributed by atoms with van der Waals surface area (Å²) in [5.41, 5.74) is 1.76. The standard InChI is InChI=1S/C19H21FN2O3/c20-15-3-1-14(2-4-15)7-9-21-10-8-19(23)22-16-5-6-17-18(13-16)25-12-11-24-17/h1-6,13,21H,7-12H2,(H,22,23). The first-order chi connectivity index (χ1) is 12.2. The van der Waals surface area contributed by atoms with E-state index in [4.69, 9.17) is 9.47 Å². The third-order valence-corrected chi connectivity index (χ3v) is 3.86. The predicted octanol–water partition coefficient (Wildman–Crippen LogP) is 2.76. The summed E-state index contributed by atoms with van der Waals surface area (Å²) in [6, 6.07) is 11.8. The second kappa shape index (κ2) is 8.48. The van der Waals surface area contributed by atoms with Gasteiger partial charge in [0, 0.05) is 24.7 Å². The lowest BCUT2D eigenvalue weighted by atomic mass is 10.1. The Morgan fingerprint density at radius 1 is 1.00 bits per heavy atom. The van der Waals surface area contributed by atoms with Crippen molar-refractivity contribution < 1.29 is 18.7 Å². The number of rotatable bonds is 7. The largest absolute Gasteiger partial charge is 0.486 e. The predicted molar refractivity (Wildman–Crippen MR) is 93.7 cm³/mol. The van der Waals surface area contributed by atoms with E-state index in [1.54, 1.807) is 30.3 Å². The first-order valence-electron chi connectivity index (χ1n) is 8.35. The van der Waals surface area contributed by atoms with E-state index in [0.29, 0.717) is 43.4 Å². The maximum absolute atomic E-state index is 12.8. The molecule has 0 radical (unpaired) electrons. The monoisotopic (exact) mass is 344 g/mol. The van der Waals surface area contributed by atoms with Crippen LogP contribution in [0.5, 0.6) is 11.5 Å². The molecule has 0 bridgehead atoms. The van der Waals surface area contributed by atoms with Crippen LogP contribution in [0.25, 0.3) is 0 Å². The molecule has 1 aliphatic heterocycles. The van der Waals surface area contributed by atoms with Crippen molar-refractivity contribution in [3.8, 4) is 11.5 Å². The van der Waals surface area contributed by atoms with Crippen LogP contribution >= 0.6 is 0 Å². The van der Waals surface area contributed by atoms with Crippen LogP contribution in [0, 0.1) is 5.82 Å². The number of amides is 1. The number of ether oxygens (including phenoxy) is 2. The van der Waals surface area contributed by atoms with Crippen LogP contribution in [0.1, 0.15) is 12.0 Å². The summed E-state index contributed by atoms with van der Waals surface area (Å²) >= 11 is 0. The third-order valence-electron chi connectivity index (χ3n) is 3.86. The van der Waals surface area contributed by atoms with E-state index < -0.39 is 0 Å². The molecule has 2 N–H and O–H groups in total. The fourth-order valence-corrected chi connectivity index (χ4v) is 2.56. The molecule has 2 aromatic rings. The molecule has 25 heavy (non-hydrogen) atoms. The van der Waals surface area contributed by atoms with Gasteiger partial charge in [-0.05, 0) is 42.8 Å². The fourth-order valence-electron chi connectivity index (χ4n) is 2.56. The lowest BCUT2D eigenvalue weighted by Gasteiger charge is -2.19. The molecule has 0 aliphatic carbocycles. The minimum absolute atomic E-state index is 0.0639. The molecule has 0 saturated carbocycles. The second-order valence-corrected chi connectivity index (χ2v) is 5.78. The molecule has 0 saturated heterocycles. The van der Waals surface area contributed by atoms with Crippen molar-refractivity contribution in [2.24, 2.45) is 0 Å². The summed E-state index contributed by atoms with van der Waals surface area (Å²) in [6.45, 7) is 2.38. The van der Waals surface area contributed by atoms with Gasteiger partial charge in [0.05, 0.1) is 0 Å². The van der Waals surface area contributed by atoms with Gasteiger partial charge in [0.15, 0.2) is 11.5 Å². The molecule has 0 unspecified atom stereocenters. The zero-order chi connectivity index (χ0) is 17.5. The summed E-state index contributed by atoms with van der Waals surface area (Å²) < 4.78 is 23.8. The van der Waals surface area contributed by atoms with Gasteiger partial charge in [-0.25, -0.2) is 4.39 Å². The molecule has 0 aromatic heterocycles. The first kappa shape index (κ1) is 17.2. The maximum atomic E-state index is 12.8. The number of halogens is 1. The third kappa shape index (κ3) is 5.19. The summed E-state index contributed by atoms with van der Waals surface area (Å²) in [7, 11) is 0. The number of anilines is 1. The van der Waals surface area contributed by atoms with Crippen LogP contribution in [-0.4, -0.2) is 32.2 Å². The van der Waals surface area contributed by atoms with Gasteiger partial charge in [-0.15, -0.1) is 0 Å². The zero-order valence-corrected chi connectivity index (χ0v) is 13.9. The van der Waals surface area contributed by atoms with E-state index >= 15 is 0 Å². The van der Waals surface area contributed by atoms with Gasteiger partial charge in [-0.3, -0.25) is 4.79 Å². The summed E-state index contributed by atoms with van der Waals surface area (Å²) in [5, 5.41) is 6.07. The van der Waals surface area contributed by atoms with Crippen molar-refractivity contribution in [3.05, 3.63) is 53.8 Å². The van der Waals surface area contributed by atoms with Crippen LogP contribution in [0.3, 0.4) is 0 Å². The Kier molecular flexibility index (Phi) is 5.85. The van der Waals surface area contributed by atoms with Crippen LogP contribution in [-0.2, 0) is 11.2 Å². The minimum atomic E-state index is -0.229. The highest BCUT2D eigenvalue weighted by atomic mass is 19.1. The van der Waals surface area contributed by atoms with Crippen LogP contribution in [0.4, 0.5) is 10.1 Å². The molecule has 132 valence electrons. The average molecular weight is 344 g/mol. The Morgan fingerprint density at radius 3 is 2.56 bits per heavy atom. The summed E-state index contributed by atoms with van der Waals surface area (Å²) in [5.74, 6) is 1.06. The molecule has 0 fully saturated rings. The quantitative estimate of drug-likeness (QED) is 0.759. The Balaban J connectivity index is 1.36. The molecular weight excluding hydrogens is 323 g/mol. The van der Waals surface area contributed by atoms with Crippen molar-refractivity contribution in [2.75, 3.05) is 31.6 Å². The van der Waals surface area contributed by atoms with E-state index in [1.807, 2.05) is 0 Å². The average Bonchev–Trinajstić information content (AvgIpc) is 2.63. The highest BCUT2D eigenvalue weighted by molar-refractivity contribution is 5.91. The summed E-state index contributed by atoms with van der Waals surface area (Å²) in [4.78, 5) is 12.0. The number of carbonyl (C=O) groups excluding carboxylic acids is 1. The molecule has 5 nitrogen and oxygen atoms in total. The SMILES string of the molecule is O=C(CCNCCc1ccc(F)cc1)Nc1ccc2c(c1)OCCO2. The van der Waals surface area contributed by atoms with Gasteiger partial charge in [0.2, 0.25) is 5.91 Å². The lowest BCUT2D eigenvalue weighted by Crippen LogP contribution is -2.23. The molecule has 1 aliphatic rings. The van der Waals surface area contributed by atoms with Crippen molar-refractivity contribution >= 4 is 11.6 Å². The van der Waals surface area contributed by atoms with Crippen molar-refractivity contribution in [2.45, 2.75) is 12.8 Å². The van der Waals surface area contributed by atoms with Crippen LogP contribution < -0.4 is 20.1 Å². The van der Waals surface area contributed by atoms with Crippen molar-refractivity contribution in [1.29, 1.82) is 0 Å². The van der Waals surface area contributed by atoms with Crippen LogP contribution in [0.15, 0.2) is 42.5 Å². The van der Waals surface area contributed by atoms with E-state index in [-0.39, 0.29) is 11.7 Å². The smallest absolute Gasteiger partial charge is 0.225 e. The number of carbonyl (C=O) groups is 1. The highest BCUT2D eigenvalue weighted by Gasteiger charge is 2.12. The Bertz CT molecular complexity index is 719. The topological polar surface area (TPSA) is 59.6 Å². The van der Waals surface area contributed by atoms with Crippen molar-refractivity contribution in [1.82, 2.24) is 5.32 Å². The van der Waals surface area contributed by atoms with Gasteiger partial charge in [-0.2, -0.15) is 0 Å². The molecule has 1 amide bonds. The lowest BCUT2D eigenvalue weighted by molar-refractivity contribution is -0.116. The van der Waals surface area contributed by atoms with Gasteiger partial charge >= 0.3 is 0 Å². The fraction of sp³-hybridized carbons (Fsp3) is 0.316. The molecule has 0 atom stereocenters. The summed E-state index contributed by atoms with van der Waals surface area (Å²) in [6.07, 6.45) is 1.17. The molecule has 3 rings (SSSR count). The number of nitrogens with one attached hydrogen (secondary N) is 2. The van der Waals surface area contributed by atoms with E-state index in [9.17, 15) is 9.18 Å². The number of hydrogen-bond donors (Lipinski definition) is 2. The number of fused-ring (bicyclic) bond motifs is 1. The minimum Gasteiger partial charge on any atom is -0.486 e. The zero-order valence-electron chi connectivity index (χ0n) is 13.9. The molecule has 1 heterocycles. The van der Waals surface area contributed by atoms with Gasteiger partial charge < -0.3 is 20.1 Å². The van der Waals surface area contributed by atoms with Crippen molar-refractivity contribution in [3.63, 3.8) is 0 Å². The van der Waals surface area contributed by atoms with E-state index in [2.05, 4.69) is 10.6 Å². The highest BCUT2D eigenvalue weighted by Crippen LogP contribution is 2.32. The molecule has 0 spiro atoms. The Morgan fingerprint density at radius 2 is 1.76 bits per heavy atom. The first-order valence-corrected chi connectivity index (χ1v) is 8.35. The number of benzene rings is 2. The van der Waals surface area contributed by atoms with Crippen LogP contribution in [0.2, 0.25) is 0 Å². The molecular formula is C19H21FN2O3. The van der Waals surface area contributed by atoms with E-state index in [1.165, 1.54) is 12.1 Å². The van der Waals surface area contributed by atoms with Gasteiger partial charge in [0.25, 0.3) is 0 Å². The number of hydrogen-bond acceptors (Lipinski definition) is 4. The van der Waals surface area contributed by atoms with E-state index in [0.717, 1.165) is 18.5 Å².